The van der Waals surface area contributed by atoms with Gasteiger partial charge < -0.3 is 5.73 Å². The van der Waals surface area contributed by atoms with E-state index in [1.807, 2.05) is 20.8 Å². The van der Waals surface area contributed by atoms with E-state index in [1.54, 1.807) is 0 Å². The summed E-state index contributed by atoms with van der Waals surface area (Å²) in [5.74, 6) is -0.0278. The van der Waals surface area contributed by atoms with Crippen LogP contribution in [0.3, 0.4) is 0 Å². The molecule has 0 heterocycles. The van der Waals surface area contributed by atoms with Gasteiger partial charge in [0.15, 0.2) is 0 Å². The molecular weight excluding hydrogens is 194 g/mol. The molecule has 0 bridgehead atoms. The number of nitrogens with two attached hydrogens (primary N) is 1. The second kappa shape index (κ2) is 3.37. The van der Waals surface area contributed by atoms with Crippen LogP contribution in [0.5, 0.6) is 0 Å². The highest BCUT2D eigenvalue weighted by Gasteiger charge is 2.34. The molecule has 1 atom stereocenters. The highest BCUT2D eigenvalue weighted by Crippen LogP contribution is 2.30. The summed E-state index contributed by atoms with van der Waals surface area (Å²) in [5, 5.41) is 0. The number of carbonyl (C=O) groups excluding carboxylic acids is 1. The summed E-state index contributed by atoms with van der Waals surface area (Å²) >= 11 is 3.34. The molecule has 3 heteroatoms. The Bertz CT molecular complexity index is 136. The van der Waals surface area contributed by atoms with E-state index in [4.69, 9.17) is 5.73 Å². The number of rotatable bonds is 3. The summed E-state index contributed by atoms with van der Waals surface area (Å²) in [6, 6.07) is 0. The summed E-state index contributed by atoms with van der Waals surface area (Å²) in [6.07, 6.45) is 0.736. The van der Waals surface area contributed by atoms with E-state index in [2.05, 4.69) is 15.9 Å². The second-order valence-corrected chi connectivity index (χ2v) is 4.15. The van der Waals surface area contributed by atoms with Crippen molar-refractivity contribution in [2.24, 2.45) is 11.7 Å². The maximum Gasteiger partial charge on any atom is 0.234 e. The summed E-state index contributed by atoms with van der Waals surface area (Å²) in [5.41, 5.74) is 5.20. The van der Waals surface area contributed by atoms with E-state index >= 15 is 0 Å². The van der Waals surface area contributed by atoms with Gasteiger partial charge in [0.1, 0.15) is 4.32 Å². The van der Waals surface area contributed by atoms with Crippen LogP contribution >= 0.6 is 15.9 Å². The molecular formula is C7H14BrNO. The third-order valence-electron chi connectivity index (χ3n) is 1.84. The number of hydrogen-bond donors (Lipinski definition) is 1. The minimum absolute atomic E-state index is 0.245. The molecule has 0 radical (unpaired) electrons. The predicted molar refractivity (Wildman–Crippen MR) is 46.0 cm³/mol. The van der Waals surface area contributed by atoms with Crippen LogP contribution in [-0.2, 0) is 4.79 Å². The topological polar surface area (TPSA) is 43.1 Å². The third-order valence-corrected chi connectivity index (χ3v) is 3.71. The molecule has 0 aliphatic rings. The Morgan fingerprint density at radius 2 is 2.10 bits per heavy atom. The van der Waals surface area contributed by atoms with Crippen molar-refractivity contribution < 1.29 is 4.79 Å². The zero-order chi connectivity index (χ0) is 8.36. The fraction of sp³-hybridized carbons (Fsp3) is 0.857. The van der Waals surface area contributed by atoms with Crippen LogP contribution < -0.4 is 5.73 Å². The molecule has 0 aliphatic heterocycles. The molecule has 0 saturated carbocycles. The lowest BCUT2D eigenvalue weighted by atomic mass is 9.92. The van der Waals surface area contributed by atoms with Crippen molar-refractivity contribution in [3.63, 3.8) is 0 Å². The average molecular weight is 208 g/mol. The van der Waals surface area contributed by atoms with Crippen LogP contribution in [0.1, 0.15) is 27.2 Å². The van der Waals surface area contributed by atoms with E-state index in [9.17, 15) is 4.79 Å². The number of amides is 1. The molecule has 2 N–H and O–H groups in total. The highest BCUT2D eigenvalue weighted by molar-refractivity contribution is 9.10. The summed E-state index contributed by atoms with van der Waals surface area (Å²) in [6.45, 7) is 5.89. The van der Waals surface area contributed by atoms with Crippen molar-refractivity contribution >= 4 is 21.8 Å². The van der Waals surface area contributed by atoms with Gasteiger partial charge in [-0.25, -0.2) is 0 Å². The molecule has 0 unspecified atom stereocenters. The first-order valence-corrected chi connectivity index (χ1v) is 4.23. The van der Waals surface area contributed by atoms with E-state index in [-0.39, 0.29) is 11.8 Å². The number of primary amides is 1. The van der Waals surface area contributed by atoms with Gasteiger partial charge in [-0.05, 0) is 12.3 Å². The van der Waals surface area contributed by atoms with Gasteiger partial charge in [-0.2, -0.15) is 0 Å². The summed E-state index contributed by atoms with van der Waals surface area (Å²) in [4.78, 5) is 10.9. The molecule has 1 amide bonds. The first-order valence-electron chi connectivity index (χ1n) is 3.44. The lowest BCUT2D eigenvalue weighted by Gasteiger charge is -2.26. The van der Waals surface area contributed by atoms with Gasteiger partial charge in [-0.15, -0.1) is 0 Å². The Morgan fingerprint density at radius 1 is 1.70 bits per heavy atom. The predicted octanol–water partition coefficient (Wildman–Crippen LogP) is 1.67. The summed E-state index contributed by atoms with van der Waals surface area (Å²) < 4.78 is -0.507. The standard InChI is InChI=1S/C7H14BrNO/c1-4-7(8,5(2)3)6(9)10/h5H,4H2,1-3H3,(H2,9,10)/t7-/m0/s1. The third kappa shape index (κ3) is 1.72. The van der Waals surface area contributed by atoms with Crippen molar-refractivity contribution in [1.82, 2.24) is 0 Å². The molecule has 0 spiro atoms. The van der Waals surface area contributed by atoms with E-state index in [1.165, 1.54) is 0 Å². The van der Waals surface area contributed by atoms with Crippen LogP contribution in [0.25, 0.3) is 0 Å². The normalized spacial score (nSPS) is 16.9. The molecule has 0 aromatic carbocycles. The van der Waals surface area contributed by atoms with Gasteiger partial charge in [-0.3, -0.25) is 4.79 Å². The van der Waals surface area contributed by atoms with Crippen molar-refractivity contribution in [1.29, 1.82) is 0 Å². The Balaban J connectivity index is 4.38. The number of halogens is 1. The Hall–Kier alpha value is -0.0500. The van der Waals surface area contributed by atoms with Gasteiger partial charge in [0.25, 0.3) is 0 Å². The maximum atomic E-state index is 10.9. The molecule has 0 rings (SSSR count). The minimum atomic E-state index is -0.507. The van der Waals surface area contributed by atoms with Gasteiger partial charge in [-0.1, -0.05) is 36.7 Å². The minimum Gasteiger partial charge on any atom is -0.368 e. The number of hydrogen-bond acceptors (Lipinski definition) is 1. The lowest BCUT2D eigenvalue weighted by molar-refractivity contribution is -0.121. The monoisotopic (exact) mass is 207 g/mol. The molecule has 0 aromatic rings. The molecule has 0 aromatic heterocycles. The van der Waals surface area contributed by atoms with Gasteiger partial charge >= 0.3 is 0 Å². The highest BCUT2D eigenvalue weighted by atomic mass is 79.9. The van der Waals surface area contributed by atoms with Gasteiger partial charge in [0.2, 0.25) is 5.91 Å². The van der Waals surface area contributed by atoms with Crippen molar-refractivity contribution in [3.8, 4) is 0 Å². The first kappa shape index (κ1) is 9.95. The van der Waals surface area contributed by atoms with Crippen LogP contribution in [-0.4, -0.2) is 10.2 Å². The average Bonchev–Trinajstić information content (AvgIpc) is 1.85. The van der Waals surface area contributed by atoms with Crippen LogP contribution in [0.2, 0.25) is 0 Å². The first-order chi connectivity index (χ1) is 4.45. The molecule has 2 nitrogen and oxygen atoms in total. The SMILES string of the molecule is CC[C@@](Br)(C(N)=O)C(C)C. The molecule has 10 heavy (non-hydrogen) atoms. The lowest BCUT2D eigenvalue weighted by Crippen LogP contribution is -2.42. The van der Waals surface area contributed by atoms with Crippen molar-refractivity contribution in [2.45, 2.75) is 31.5 Å². The Labute approximate surface area is 70.3 Å². The Kier molecular flexibility index (Phi) is 3.36. The summed E-state index contributed by atoms with van der Waals surface area (Å²) in [7, 11) is 0. The molecule has 0 fully saturated rings. The van der Waals surface area contributed by atoms with Gasteiger partial charge in [0, 0.05) is 0 Å². The zero-order valence-corrected chi connectivity index (χ0v) is 8.23. The van der Waals surface area contributed by atoms with Crippen LogP contribution in [0, 0.1) is 5.92 Å². The molecule has 60 valence electrons. The fourth-order valence-corrected chi connectivity index (χ4v) is 0.867. The molecule has 0 saturated heterocycles. The maximum absolute atomic E-state index is 10.9. The quantitative estimate of drug-likeness (QED) is 0.704. The number of carbonyl (C=O) groups is 1. The van der Waals surface area contributed by atoms with Gasteiger partial charge in [0.05, 0.1) is 0 Å². The number of alkyl halides is 1. The van der Waals surface area contributed by atoms with Crippen LogP contribution in [0.4, 0.5) is 0 Å². The Morgan fingerprint density at radius 3 is 2.10 bits per heavy atom. The van der Waals surface area contributed by atoms with E-state index in [0.29, 0.717) is 0 Å². The van der Waals surface area contributed by atoms with Crippen molar-refractivity contribution in [3.05, 3.63) is 0 Å². The smallest absolute Gasteiger partial charge is 0.234 e. The van der Waals surface area contributed by atoms with E-state index < -0.39 is 4.32 Å². The van der Waals surface area contributed by atoms with E-state index in [0.717, 1.165) is 6.42 Å². The largest absolute Gasteiger partial charge is 0.368 e. The molecule has 0 aliphatic carbocycles. The zero-order valence-electron chi connectivity index (χ0n) is 6.65. The van der Waals surface area contributed by atoms with Crippen molar-refractivity contribution in [2.75, 3.05) is 0 Å². The second-order valence-electron chi connectivity index (χ2n) is 2.73. The fourth-order valence-electron chi connectivity index (χ4n) is 0.867. The van der Waals surface area contributed by atoms with Crippen LogP contribution in [0.15, 0.2) is 0 Å².